The fourth-order valence-corrected chi connectivity index (χ4v) is 3.38. The second-order valence-electron chi connectivity index (χ2n) is 6.66. The Kier molecular flexibility index (Phi) is 4.84. The zero-order chi connectivity index (χ0) is 19.7. The highest BCUT2D eigenvalue weighted by atomic mass is 35.5. The molecule has 0 spiro atoms. The molecule has 1 N–H and O–H groups in total. The van der Waals surface area contributed by atoms with E-state index in [2.05, 4.69) is 14.9 Å². The minimum Gasteiger partial charge on any atom is -0.320 e. The van der Waals surface area contributed by atoms with Crippen LogP contribution in [0, 0.1) is 13.8 Å². The van der Waals surface area contributed by atoms with Crippen LogP contribution in [-0.2, 0) is 6.54 Å². The largest absolute Gasteiger partial charge is 0.320 e. The van der Waals surface area contributed by atoms with Crippen LogP contribution in [0.5, 0.6) is 0 Å². The Morgan fingerprint density at radius 1 is 1.04 bits per heavy atom. The Hall–Kier alpha value is -3.18. The van der Waals surface area contributed by atoms with Crippen LogP contribution >= 0.6 is 11.6 Å². The summed E-state index contributed by atoms with van der Waals surface area (Å²) >= 11 is 6.11. The molecule has 0 radical (unpaired) electrons. The van der Waals surface area contributed by atoms with Crippen molar-refractivity contribution in [1.82, 2.24) is 14.5 Å². The second-order valence-corrected chi connectivity index (χ2v) is 7.10. The smallest absolute Gasteiger partial charge is 0.255 e. The molecule has 0 unspecified atom stereocenters. The van der Waals surface area contributed by atoms with Crippen molar-refractivity contribution in [2.24, 2.45) is 0 Å². The molecule has 5 nitrogen and oxygen atoms in total. The number of nitrogens with one attached hydrogen (secondary N) is 1. The summed E-state index contributed by atoms with van der Waals surface area (Å²) in [4.78, 5) is 21.8. The van der Waals surface area contributed by atoms with Gasteiger partial charge in [0.05, 0.1) is 17.9 Å². The van der Waals surface area contributed by atoms with Gasteiger partial charge in [-0.05, 0) is 49.7 Å². The lowest BCUT2D eigenvalue weighted by Gasteiger charge is -2.10. The minimum absolute atomic E-state index is 0.167. The quantitative estimate of drug-likeness (QED) is 0.533. The SMILES string of the molecule is Cc1nc2c(cc1NC(=O)c1ccccc1)nc(C)n2Cc1cccc(Cl)c1. The number of hydrogen-bond acceptors (Lipinski definition) is 3. The number of carbonyl (C=O) groups is 1. The van der Waals surface area contributed by atoms with Gasteiger partial charge in [-0.15, -0.1) is 0 Å². The molecule has 0 aliphatic heterocycles. The normalized spacial score (nSPS) is 11.0. The lowest BCUT2D eigenvalue weighted by molar-refractivity contribution is 0.102. The molecule has 2 aromatic heterocycles. The first kappa shape index (κ1) is 18.2. The van der Waals surface area contributed by atoms with E-state index in [4.69, 9.17) is 16.6 Å². The Labute approximate surface area is 168 Å². The van der Waals surface area contributed by atoms with Crippen molar-refractivity contribution in [2.45, 2.75) is 20.4 Å². The first-order valence-corrected chi connectivity index (χ1v) is 9.34. The van der Waals surface area contributed by atoms with Crippen LogP contribution in [0.25, 0.3) is 11.2 Å². The summed E-state index contributed by atoms with van der Waals surface area (Å²) in [6.45, 7) is 4.46. The Morgan fingerprint density at radius 2 is 1.82 bits per heavy atom. The number of anilines is 1. The van der Waals surface area contributed by atoms with Gasteiger partial charge >= 0.3 is 0 Å². The molecule has 140 valence electrons. The Morgan fingerprint density at radius 3 is 2.57 bits per heavy atom. The van der Waals surface area contributed by atoms with Crippen LogP contribution in [-0.4, -0.2) is 20.4 Å². The maximum Gasteiger partial charge on any atom is 0.255 e. The van der Waals surface area contributed by atoms with Gasteiger partial charge in [0.2, 0.25) is 0 Å². The molecule has 2 heterocycles. The van der Waals surface area contributed by atoms with Gasteiger partial charge in [0.25, 0.3) is 5.91 Å². The highest BCUT2D eigenvalue weighted by molar-refractivity contribution is 6.30. The number of aryl methyl sites for hydroxylation is 2. The number of hydrogen-bond donors (Lipinski definition) is 1. The van der Waals surface area contributed by atoms with Gasteiger partial charge in [-0.3, -0.25) is 4.79 Å². The Bertz CT molecular complexity index is 1170. The number of carbonyl (C=O) groups excluding carboxylic acids is 1. The van der Waals surface area contributed by atoms with E-state index < -0.39 is 0 Å². The number of amides is 1. The first-order chi connectivity index (χ1) is 13.5. The molecule has 2 aromatic carbocycles. The average Bonchev–Trinajstić information content (AvgIpc) is 2.97. The Balaban J connectivity index is 1.67. The fourth-order valence-electron chi connectivity index (χ4n) is 3.17. The average molecular weight is 391 g/mol. The van der Waals surface area contributed by atoms with E-state index >= 15 is 0 Å². The van der Waals surface area contributed by atoms with Crippen molar-refractivity contribution in [3.05, 3.63) is 88.3 Å². The van der Waals surface area contributed by atoms with Crippen molar-refractivity contribution in [1.29, 1.82) is 0 Å². The molecule has 0 aliphatic rings. The van der Waals surface area contributed by atoms with Crippen molar-refractivity contribution in [3.63, 3.8) is 0 Å². The lowest BCUT2D eigenvalue weighted by Crippen LogP contribution is -2.13. The molecule has 0 saturated heterocycles. The van der Waals surface area contributed by atoms with Crippen LogP contribution in [0.1, 0.15) is 27.4 Å². The third-order valence-corrected chi connectivity index (χ3v) is 4.85. The highest BCUT2D eigenvalue weighted by Crippen LogP contribution is 2.23. The number of halogens is 1. The molecule has 0 aliphatic carbocycles. The molecule has 1 amide bonds. The lowest BCUT2D eigenvalue weighted by atomic mass is 10.2. The zero-order valence-corrected chi connectivity index (χ0v) is 16.4. The van der Waals surface area contributed by atoms with Gasteiger partial charge in [-0.2, -0.15) is 0 Å². The summed E-state index contributed by atoms with van der Waals surface area (Å²) in [6, 6.07) is 18.7. The van der Waals surface area contributed by atoms with Crippen LogP contribution in [0.4, 0.5) is 5.69 Å². The highest BCUT2D eigenvalue weighted by Gasteiger charge is 2.14. The zero-order valence-electron chi connectivity index (χ0n) is 15.6. The maximum absolute atomic E-state index is 12.5. The van der Waals surface area contributed by atoms with Gasteiger partial charge in [0.15, 0.2) is 5.65 Å². The molecule has 0 fully saturated rings. The third kappa shape index (κ3) is 3.62. The van der Waals surface area contributed by atoms with Crippen LogP contribution < -0.4 is 5.32 Å². The summed E-state index contributed by atoms with van der Waals surface area (Å²) in [5, 5.41) is 3.64. The monoisotopic (exact) mass is 390 g/mol. The number of imidazole rings is 1. The van der Waals surface area contributed by atoms with Crippen molar-refractivity contribution in [3.8, 4) is 0 Å². The predicted molar refractivity (Wildman–Crippen MR) is 112 cm³/mol. The summed E-state index contributed by atoms with van der Waals surface area (Å²) in [5.74, 6) is 0.688. The van der Waals surface area contributed by atoms with E-state index in [9.17, 15) is 4.79 Å². The van der Waals surface area contributed by atoms with E-state index in [-0.39, 0.29) is 5.91 Å². The standard InChI is InChI=1S/C22H19ClN4O/c1-14-19(26-22(28)17-8-4-3-5-9-17)12-20-21(24-14)27(15(2)25-20)13-16-7-6-10-18(23)11-16/h3-12H,13H2,1-2H3,(H,26,28). The van der Waals surface area contributed by atoms with E-state index in [0.717, 1.165) is 28.2 Å². The van der Waals surface area contributed by atoms with Gasteiger partial charge in [-0.25, -0.2) is 9.97 Å². The van der Waals surface area contributed by atoms with E-state index in [1.165, 1.54) is 0 Å². The summed E-state index contributed by atoms with van der Waals surface area (Å²) in [7, 11) is 0. The fraction of sp³-hybridized carbons (Fsp3) is 0.136. The van der Waals surface area contributed by atoms with Crippen LogP contribution in [0.15, 0.2) is 60.7 Å². The number of aromatic nitrogens is 3. The summed E-state index contributed by atoms with van der Waals surface area (Å²) < 4.78 is 2.05. The van der Waals surface area contributed by atoms with Crippen LogP contribution in [0.2, 0.25) is 5.02 Å². The molecule has 6 heteroatoms. The van der Waals surface area contributed by atoms with Gasteiger partial charge < -0.3 is 9.88 Å². The minimum atomic E-state index is -0.167. The van der Waals surface area contributed by atoms with Crippen molar-refractivity contribution < 1.29 is 4.79 Å². The third-order valence-electron chi connectivity index (χ3n) is 4.62. The number of fused-ring (bicyclic) bond motifs is 1. The molecule has 0 saturated carbocycles. The molecular formula is C22H19ClN4O. The first-order valence-electron chi connectivity index (χ1n) is 8.96. The van der Waals surface area contributed by atoms with Gasteiger partial charge in [-0.1, -0.05) is 41.9 Å². The van der Waals surface area contributed by atoms with Crippen LogP contribution in [0.3, 0.4) is 0 Å². The summed E-state index contributed by atoms with van der Waals surface area (Å²) in [5.41, 5.74) is 4.61. The number of benzene rings is 2. The maximum atomic E-state index is 12.5. The molecule has 0 bridgehead atoms. The second kappa shape index (κ2) is 7.44. The molecular weight excluding hydrogens is 372 g/mol. The van der Waals surface area contributed by atoms with E-state index in [1.807, 2.05) is 62.4 Å². The van der Waals surface area contributed by atoms with Gasteiger partial charge in [0.1, 0.15) is 11.3 Å². The molecule has 28 heavy (non-hydrogen) atoms. The topological polar surface area (TPSA) is 59.8 Å². The van der Waals surface area contributed by atoms with Crippen molar-refractivity contribution in [2.75, 3.05) is 5.32 Å². The number of pyridine rings is 1. The predicted octanol–water partition coefficient (Wildman–Crippen LogP) is 5.00. The molecule has 4 aromatic rings. The number of rotatable bonds is 4. The van der Waals surface area contributed by atoms with Crippen molar-refractivity contribution >= 4 is 34.4 Å². The van der Waals surface area contributed by atoms with E-state index in [1.54, 1.807) is 12.1 Å². The van der Waals surface area contributed by atoms with Gasteiger partial charge in [0, 0.05) is 10.6 Å². The summed E-state index contributed by atoms with van der Waals surface area (Å²) in [6.07, 6.45) is 0. The van der Waals surface area contributed by atoms with E-state index in [0.29, 0.717) is 22.8 Å². The number of nitrogens with zero attached hydrogens (tertiary/aromatic N) is 3. The molecule has 4 rings (SSSR count). The molecule has 0 atom stereocenters.